The average Bonchev–Trinajstić information content (AvgIpc) is 2.23. The van der Waals surface area contributed by atoms with Gasteiger partial charge in [0.15, 0.2) is 0 Å². The Morgan fingerprint density at radius 1 is 1.47 bits per heavy atom. The molecule has 0 aliphatic heterocycles. The largest absolute Gasteiger partial charge is 0.497 e. The molecular weight excluding hydrogens is 193 g/mol. The van der Waals surface area contributed by atoms with E-state index in [9.17, 15) is 4.39 Å². The molecule has 3 heteroatoms. The number of benzene rings is 1. The van der Waals surface area contributed by atoms with Gasteiger partial charge in [0.2, 0.25) is 0 Å². The predicted octanol–water partition coefficient (Wildman–Crippen LogP) is 2.50. The van der Waals surface area contributed by atoms with Crippen LogP contribution in [0.4, 0.5) is 4.39 Å². The summed E-state index contributed by atoms with van der Waals surface area (Å²) in [7, 11) is 1.53. The van der Waals surface area contributed by atoms with Gasteiger partial charge < -0.3 is 10.1 Å². The average molecular weight is 209 g/mol. The Labute approximate surface area is 89.8 Å². The van der Waals surface area contributed by atoms with Crippen molar-refractivity contribution in [2.45, 2.75) is 13.0 Å². The second-order valence-corrected chi connectivity index (χ2v) is 3.25. The minimum atomic E-state index is -0.269. The van der Waals surface area contributed by atoms with Crippen LogP contribution in [0.5, 0.6) is 5.75 Å². The zero-order chi connectivity index (χ0) is 11.1. The van der Waals surface area contributed by atoms with Crippen LogP contribution in [-0.4, -0.2) is 13.7 Å². The lowest BCUT2D eigenvalue weighted by molar-refractivity contribution is 0.410. The third kappa shape index (κ3) is 4.13. The summed E-state index contributed by atoms with van der Waals surface area (Å²) in [6, 6.07) is 4.70. The van der Waals surface area contributed by atoms with Gasteiger partial charge in [-0.1, -0.05) is 6.08 Å². The van der Waals surface area contributed by atoms with Crippen molar-refractivity contribution in [1.29, 1.82) is 0 Å². The molecule has 0 radical (unpaired) electrons. The highest BCUT2D eigenvalue weighted by atomic mass is 19.1. The molecule has 0 bridgehead atoms. The molecular formula is C12H16FNO. The third-order valence-electron chi connectivity index (χ3n) is 2.02. The molecule has 1 N–H and O–H groups in total. The maximum Gasteiger partial charge on any atom is 0.127 e. The van der Waals surface area contributed by atoms with E-state index in [1.165, 1.54) is 19.2 Å². The van der Waals surface area contributed by atoms with Crippen molar-refractivity contribution in [3.63, 3.8) is 0 Å². The second-order valence-electron chi connectivity index (χ2n) is 3.25. The summed E-state index contributed by atoms with van der Waals surface area (Å²) in [5, 5.41) is 3.19. The number of nitrogens with one attached hydrogen (secondary N) is 1. The summed E-state index contributed by atoms with van der Waals surface area (Å²) in [6.07, 6.45) is 2.76. The van der Waals surface area contributed by atoms with Crippen molar-refractivity contribution in [3.05, 3.63) is 42.2 Å². The standard InChI is InChI=1S/C12H16FNO/c1-3-4-5-14-9-10-6-11(13)8-12(7-10)15-2/h3,6-8,14H,1,4-5,9H2,2H3. The van der Waals surface area contributed by atoms with Crippen molar-refractivity contribution in [2.75, 3.05) is 13.7 Å². The van der Waals surface area contributed by atoms with Gasteiger partial charge in [-0.05, 0) is 30.7 Å². The summed E-state index contributed by atoms with van der Waals surface area (Å²) in [6.45, 7) is 5.12. The van der Waals surface area contributed by atoms with Gasteiger partial charge in [0.1, 0.15) is 11.6 Å². The Balaban J connectivity index is 2.52. The van der Waals surface area contributed by atoms with Crippen LogP contribution in [0.15, 0.2) is 30.9 Å². The number of hydrogen-bond acceptors (Lipinski definition) is 2. The summed E-state index contributed by atoms with van der Waals surface area (Å²) in [4.78, 5) is 0. The molecule has 1 aromatic rings. The Morgan fingerprint density at radius 2 is 2.27 bits per heavy atom. The van der Waals surface area contributed by atoms with E-state index in [4.69, 9.17) is 4.74 Å². The van der Waals surface area contributed by atoms with Crippen molar-refractivity contribution in [1.82, 2.24) is 5.32 Å². The lowest BCUT2D eigenvalue weighted by atomic mass is 10.2. The van der Waals surface area contributed by atoms with Crippen LogP contribution in [0, 0.1) is 5.82 Å². The molecule has 0 saturated heterocycles. The van der Waals surface area contributed by atoms with E-state index >= 15 is 0 Å². The van der Waals surface area contributed by atoms with Gasteiger partial charge in [-0.25, -0.2) is 4.39 Å². The van der Waals surface area contributed by atoms with E-state index in [0.29, 0.717) is 12.3 Å². The molecule has 0 atom stereocenters. The predicted molar refractivity (Wildman–Crippen MR) is 59.5 cm³/mol. The van der Waals surface area contributed by atoms with Crippen LogP contribution in [0.1, 0.15) is 12.0 Å². The van der Waals surface area contributed by atoms with Crippen molar-refractivity contribution in [2.24, 2.45) is 0 Å². The maximum absolute atomic E-state index is 13.1. The van der Waals surface area contributed by atoms with E-state index in [2.05, 4.69) is 11.9 Å². The third-order valence-corrected chi connectivity index (χ3v) is 2.02. The first kappa shape index (κ1) is 11.7. The first-order valence-corrected chi connectivity index (χ1v) is 4.91. The molecule has 2 nitrogen and oxygen atoms in total. The van der Waals surface area contributed by atoms with Crippen LogP contribution in [0.25, 0.3) is 0 Å². The summed E-state index contributed by atoms with van der Waals surface area (Å²) in [5.41, 5.74) is 0.885. The van der Waals surface area contributed by atoms with Gasteiger partial charge in [-0.15, -0.1) is 6.58 Å². The highest BCUT2D eigenvalue weighted by molar-refractivity contribution is 5.29. The van der Waals surface area contributed by atoms with E-state index in [1.807, 2.05) is 12.1 Å². The van der Waals surface area contributed by atoms with E-state index in [-0.39, 0.29) is 5.82 Å². The van der Waals surface area contributed by atoms with Crippen LogP contribution in [0.3, 0.4) is 0 Å². The van der Waals surface area contributed by atoms with Gasteiger partial charge in [0, 0.05) is 12.6 Å². The maximum atomic E-state index is 13.1. The summed E-state index contributed by atoms with van der Waals surface area (Å²) in [5.74, 6) is 0.283. The first-order valence-electron chi connectivity index (χ1n) is 4.91. The molecule has 0 aliphatic carbocycles. The zero-order valence-electron chi connectivity index (χ0n) is 8.92. The lowest BCUT2D eigenvalue weighted by Crippen LogP contribution is -2.14. The molecule has 0 aliphatic rings. The van der Waals surface area contributed by atoms with E-state index in [1.54, 1.807) is 0 Å². The highest BCUT2D eigenvalue weighted by Gasteiger charge is 2.00. The van der Waals surface area contributed by atoms with Gasteiger partial charge in [0.05, 0.1) is 7.11 Å². The molecule has 0 fully saturated rings. The molecule has 0 amide bonds. The number of ether oxygens (including phenoxy) is 1. The van der Waals surface area contributed by atoms with Crippen molar-refractivity contribution < 1.29 is 9.13 Å². The number of rotatable bonds is 6. The first-order chi connectivity index (χ1) is 7.26. The SMILES string of the molecule is C=CCCNCc1cc(F)cc(OC)c1. The molecule has 0 spiro atoms. The molecule has 0 heterocycles. The lowest BCUT2D eigenvalue weighted by Gasteiger charge is -2.06. The molecule has 15 heavy (non-hydrogen) atoms. The van der Waals surface area contributed by atoms with Gasteiger partial charge in [-0.3, -0.25) is 0 Å². The fourth-order valence-corrected chi connectivity index (χ4v) is 1.28. The Morgan fingerprint density at radius 3 is 2.93 bits per heavy atom. The normalized spacial score (nSPS) is 10.0. The number of methoxy groups -OCH3 is 1. The molecule has 0 saturated carbocycles. The monoisotopic (exact) mass is 209 g/mol. The Bertz CT molecular complexity index is 325. The van der Waals surface area contributed by atoms with E-state index in [0.717, 1.165) is 18.5 Å². The molecule has 0 aromatic heterocycles. The van der Waals surface area contributed by atoms with Gasteiger partial charge in [0.25, 0.3) is 0 Å². The van der Waals surface area contributed by atoms with Gasteiger partial charge >= 0.3 is 0 Å². The van der Waals surface area contributed by atoms with Gasteiger partial charge in [-0.2, -0.15) is 0 Å². The fourth-order valence-electron chi connectivity index (χ4n) is 1.28. The second kappa shape index (κ2) is 6.19. The molecule has 82 valence electrons. The van der Waals surface area contributed by atoms with E-state index < -0.39 is 0 Å². The topological polar surface area (TPSA) is 21.3 Å². The summed E-state index contributed by atoms with van der Waals surface area (Å²) < 4.78 is 18.0. The minimum absolute atomic E-state index is 0.269. The quantitative estimate of drug-likeness (QED) is 0.574. The highest BCUT2D eigenvalue weighted by Crippen LogP contribution is 2.15. The molecule has 1 aromatic carbocycles. The smallest absolute Gasteiger partial charge is 0.127 e. The van der Waals surface area contributed by atoms with Crippen LogP contribution in [-0.2, 0) is 6.54 Å². The minimum Gasteiger partial charge on any atom is -0.497 e. The van der Waals surface area contributed by atoms with Crippen LogP contribution >= 0.6 is 0 Å². The van der Waals surface area contributed by atoms with Crippen LogP contribution < -0.4 is 10.1 Å². The molecule has 0 unspecified atom stereocenters. The molecule has 1 rings (SSSR count). The fraction of sp³-hybridized carbons (Fsp3) is 0.333. The van der Waals surface area contributed by atoms with Crippen LogP contribution in [0.2, 0.25) is 0 Å². The number of hydrogen-bond donors (Lipinski definition) is 1. The Kier molecular flexibility index (Phi) is 4.84. The Hall–Kier alpha value is -1.35. The van der Waals surface area contributed by atoms with Crippen molar-refractivity contribution in [3.8, 4) is 5.75 Å². The summed E-state index contributed by atoms with van der Waals surface area (Å²) >= 11 is 0. The zero-order valence-corrected chi connectivity index (χ0v) is 8.92. The number of halogens is 1. The van der Waals surface area contributed by atoms with Crippen molar-refractivity contribution >= 4 is 0 Å².